The molecule has 0 spiro atoms. The minimum absolute atomic E-state index is 0.168. The van der Waals surface area contributed by atoms with Gasteiger partial charge in [0.1, 0.15) is 13.1 Å². The van der Waals surface area contributed by atoms with Crippen LogP contribution in [0.4, 0.5) is 5.69 Å². The first-order valence-corrected chi connectivity index (χ1v) is 25.8. The molecule has 3 heterocycles. The first-order chi connectivity index (χ1) is 30.0. The van der Waals surface area contributed by atoms with Crippen LogP contribution in [0.3, 0.4) is 0 Å². The number of fused-ring (bicyclic) bond motifs is 3. The van der Waals surface area contributed by atoms with Crippen molar-refractivity contribution in [3.8, 4) is 0 Å². The number of nitrogens with zero attached hydrogens (tertiary/aromatic N) is 4. The molecular weight excluding hydrogens is 861 g/mol. The zero-order chi connectivity index (χ0) is 45.6. The Bertz CT molecular complexity index is 2830. The first-order valence-electron chi connectivity index (χ1n) is 21.0. The van der Waals surface area contributed by atoms with Gasteiger partial charge in [-0.2, -0.15) is 17.6 Å². The number of aromatic nitrogens is 2. The zero-order valence-corrected chi connectivity index (χ0v) is 38.4. The number of hydrogen-bond acceptors (Lipinski definition) is 10. The normalized spacial score (nSPS) is 14.2. The van der Waals surface area contributed by atoms with Crippen molar-refractivity contribution < 1.29 is 48.0 Å². The molecule has 0 saturated carbocycles. The topological polar surface area (TPSA) is 183 Å². The summed E-state index contributed by atoms with van der Waals surface area (Å²) in [5.41, 5.74) is 7.14. The fraction of sp³-hybridized carbons (Fsp3) is 0.319. The van der Waals surface area contributed by atoms with Gasteiger partial charge in [-0.3, -0.25) is 4.55 Å². The van der Waals surface area contributed by atoms with Crippen molar-refractivity contribution in [2.45, 2.75) is 53.1 Å². The molecule has 2 aromatic heterocycles. The second kappa shape index (κ2) is 22.5. The highest BCUT2D eigenvalue weighted by atomic mass is 32.2. The van der Waals surface area contributed by atoms with Gasteiger partial charge >= 0.3 is 0 Å². The second-order valence-corrected chi connectivity index (χ2v) is 19.6. The van der Waals surface area contributed by atoms with Crippen molar-refractivity contribution >= 4 is 75.1 Å². The van der Waals surface area contributed by atoms with Crippen LogP contribution in [0.5, 0.6) is 0 Å². The fourth-order valence-corrected chi connectivity index (χ4v) is 9.00. The first kappa shape index (κ1) is 49.0. The Hall–Kier alpha value is -5.07. The highest BCUT2D eigenvalue weighted by Crippen LogP contribution is 2.34. The predicted octanol–water partition coefficient (Wildman–Crippen LogP) is 6.58. The molecule has 0 bridgehead atoms. The Morgan fingerprint density at radius 3 is 1.84 bits per heavy atom. The van der Waals surface area contributed by atoms with E-state index in [1.807, 2.05) is 148 Å². The van der Waals surface area contributed by atoms with Crippen molar-refractivity contribution in [3.63, 3.8) is 0 Å². The molecule has 336 valence electrons. The second-order valence-electron chi connectivity index (χ2n) is 15.0. The Labute approximate surface area is 372 Å². The molecule has 63 heavy (non-hydrogen) atoms. The van der Waals surface area contributed by atoms with Gasteiger partial charge in [-0.15, -0.1) is 0 Å². The molecule has 5 aromatic rings. The van der Waals surface area contributed by atoms with E-state index in [-0.39, 0.29) is 25.0 Å². The van der Waals surface area contributed by atoms with E-state index in [9.17, 15) is 38.9 Å². The van der Waals surface area contributed by atoms with E-state index in [4.69, 9.17) is 0 Å². The molecule has 1 aliphatic heterocycles. The standard InChI is InChI=1S/C41H41N3O9S3.C6H15N/c45-54(46,47)29-7-23-42-26-20-33(36-10-1-4-13-39(36)42)18-16-32(35-22-28-44(25-9-31-56(51,52)53)41-15-6-3-12-38(35)41)17-19-34-21-27-43(24-8-30-55(48,49)50)40-14-5-2-11-37(34)40;1-4-7(5-2)6-3/h1-6,10-22,26-28H,7-9,23-25,29-31H2,(H-2,45,46,47,48,49,50,51,52,53);4-6H2,1-3H3. The average molecular weight is 917 g/mol. The zero-order valence-electron chi connectivity index (χ0n) is 35.9. The summed E-state index contributed by atoms with van der Waals surface area (Å²) in [7, 11) is -12.8. The third-order valence-electron chi connectivity index (χ3n) is 10.8. The van der Waals surface area contributed by atoms with Gasteiger partial charge in [0.05, 0.1) is 36.8 Å². The maximum Gasteiger partial charge on any atom is 0.264 e. The van der Waals surface area contributed by atoms with Crippen molar-refractivity contribution in [1.82, 2.24) is 4.90 Å². The van der Waals surface area contributed by atoms with Crippen molar-refractivity contribution in [2.75, 3.05) is 48.3 Å². The molecular formula is C47H56N4O9S3. The lowest BCUT2D eigenvalue weighted by Crippen LogP contribution is -2.35. The SMILES string of the molecule is CCN(CC)CC.O=S(=O)([O-])CCC[n+]1ccc(/C=C/C(=C/C=C2/C=CN(CCCS(=O)(=O)O)c3ccccc32)c2cc[n+](CCCS(=O)(=O)[O-])c3ccccc23)c2ccccc21. The number of rotatable bonds is 19. The molecule has 16 heteroatoms. The van der Waals surface area contributed by atoms with E-state index in [0.29, 0.717) is 19.6 Å². The molecule has 1 aliphatic rings. The smallest absolute Gasteiger partial charge is 0.264 e. The summed E-state index contributed by atoms with van der Waals surface area (Å²) in [6.45, 7) is 11.2. The number of allylic oxidation sites excluding steroid dienone is 6. The number of para-hydroxylation sites is 3. The quantitative estimate of drug-likeness (QED) is 0.0537. The number of benzene rings is 3. The van der Waals surface area contributed by atoms with Gasteiger partial charge in [-0.25, -0.2) is 16.8 Å². The number of pyridine rings is 2. The third-order valence-corrected chi connectivity index (χ3v) is 13.1. The van der Waals surface area contributed by atoms with Crippen LogP contribution in [0, 0.1) is 0 Å². The fourth-order valence-electron chi connectivity index (χ4n) is 7.54. The van der Waals surface area contributed by atoms with E-state index in [0.717, 1.165) is 55.3 Å². The molecule has 0 amide bonds. The Morgan fingerprint density at radius 1 is 0.698 bits per heavy atom. The van der Waals surface area contributed by atoms with Crippen LogP contribution in [0.15, 0.2) is 128 Å². The van der Waals surface area contributed by atoms with Crippen LogP contribution >= 0.6 is 0 Å². The van der Waals surface area contributed by atoms with Crippen LogP contribution in [-0.4, -0.2) is 87.2 Å². The number of aryl methyl sites for hydroxylation is 2. The van der Waals surface area contributed by atoms with Gasteiger partial charge in [-0.1, -0.05) is 87.5 Å². The predicted molar refractivity (Wildman–Crippen MR) is 249 cm³/mol. The van der Waals surface area contributed by atoms with Crippen molar-refractivity contribution in [3.05, 3.63) is 145 Å². The molecule has 1 N–H and O–H groups in total. The minimum Gasteiger partial charge on any atom is -0.748 e. The lowest BCUT2D eigenvalue weighted by molar-refractivity contribution is -0.671. The number of hydrogen-bond donors (Lipinski definition) is 1. The summed E-state index contributed by atoms with van der Waals surface area (Å²) in [5, 5.41) is 1.83. The van der Waals surface area contributed by atoms with Crippen molar-refractivity contribution in [1.29, 1.82) is 0 Å². The van der Waals surface area contributed by atoms with Gasteiger partial charge < -0.3 is 18.9 Å². The monoisotopic (exact) mass is 916 g/mol. The van der Waals surface area contributed by atoms with Gasteiger partial charge in [0, 0.05) is 78.2 Å². The summed E-state index contributed by atoms with van der Waals surface area (Å²) in [6, 6.07) is 27.2. The molecule has 0 fully saturated rings. The minimum atomic E-state index is -4.35. The molecule has 0 saturated heterocycles. The molecule has 0 unspecified atom stereocenters. The van der Waals surface area contributed by atoms with E-state index in [1.165, 1.54) is 19.6 Å². The van der Waals surface area contributed by atoms with Gasteiger partial charge in [-0.05, 0) is 67.0 Å². The van der Waals surface area contributed by atoms with Crippen LogP contribution in [0.25, 0.3) is 39.0 Å². The summed E-state index contributed by atoms with van der Waals surface area (Å²) in [5.74, 6) is -1.26. The summed E-state index contributed by atoms with van der Waals surface area (Å²) in [6.07, 6.45) is 16.3. The van der Waals surface area contributed by atoms with E-state index in [1.54, 1.807) is 0 Å². The van der Waals surface area contributed by atoms with E-state index >= 15 is 0 Å². The van der Waals surface area contributed by atoms with Gasteiger partial charge in [0.2, 0.25) is 11.0 Å². The van der Waals surface area contributed by atoms with Crippen LogP contribution < -0.4 is 14.0 Å². The third kappa shape index (κ3) is 14.7. The average Bonchev–Trinajstić information content (AvgIpc) is 3.24. The summed E-state index contributed by atoms with van der Waals surface area (Å²) < 4.78 is 103. The molecule has 0 atom stereocenters. The molecule has 0 radical (unpaired) electrons. The maximum absolute atomic E-state index is 11.3. The maximum atomic E-state index is 11.3. The van der Waals surface area contributed by atoms with Gasteiger partial charge in [0.15, 0.2) is 12.4 Å². The van der Waals surface area contributed by atoms with Crippen LogP contribution in [-0.2, 0) is 43.4 Å². The Balaban J connectivity index is 0.000000985. The lowest BCUT2D eigenvalue weighted by atomic mass is 9.96. The lowest BCUT2D eigenvalue weighted by Gasteiger charge is -2.27. The van der Waals surface area contributed by atoms with Crippen LogP contribution in [0.2, 0.25) is 0 Å². The Morgan fingerprint density at radius 2 is 1.25 bits per heavy atom. The van der Waals surface area contributed by atoms with E-state index in [2.05, 4.69) is 25.7 Å². The van der Waals surface area contributed by atoms with Gasteiger partial charge in [0.25, 0.3) is 10.1 Å². The molecule has 6 rings (SSSR count). The highest BCUT2D eigenvalue weighted by Gasteiger charge is 2.18. The van der Waals surface area contributed by atoms with E-state index < -0.39 is 41.9 Å². The summed E-state index contributed by atoms with van der Waals surface area (Å²) in [4.78, 5) is 4.33. The summed E-state index contributed by atoms with van der Waals surface area (Å²) >= 11 is 0. The largest absolute Gasteiger partial charge is 0.748 e. The number of anilines is 1. The molecule has 13 nitrogen and oxygen atoms in total. The van der Waals surface area contributed by atoms with Crippen molar-refractivity contribution in [2.24, 2.45) is 0 Å². The highest BCUT2D eigenvalue weighted by molar-refractivity contribution is 7.86. The van der Waals surface area contributed by atoms with Crippen LogP contribution in [0.1, 0.15) is 56.7 Å². The molecule has 0 aliphatic carbocycles. The molecule has 3 aromatic carbocycles. The Kier molecular flexibility index (Phi) is 17.5.